The summed E-state index contributed by atoms with van der Waals surface area (Å²) in [6.45, 7) is 4.54. The van der Waals surface area contributed by atoms with E-state index in [9.17, 15) is 4.79 Å². The van der Waals surface area contributed by atoms with E-state index in [1.807, 2.05) is 0 Å². The van der Waals surface area contributed by atoms with E-state index in [2.05, 4.69) is 44.2 Å². The molecule has 0 atom stereocenters. The molecule has 0 saturated heterocycles. The Bertz CT molecular complexity index is 833. The van der Waals surface area contributed by atoms with E-state index in [0.29, 0.717) is 0 Å². The average molecular weight is 419 g/mol. The van der Waals surface area contributed by atoms with Crippen molar-refractivity contribution in [1.29, 1.82) is 0 Å². The molecule has 0 aliphatic heterocycles. The van der Waals surface area contributed by atoms with Gasteiger partial charge in [-0.15, -0.1) is 0 Å². The van der Waals surface area contributed by atoms with Gasteiger partial charge in [0.05, 0.1) is 0 Å². The van der Waals surface area contributed by atoms with Gasteiger partial charge in [0.2, 0.25) is 0 Å². The van der Waals surface area contributed by atoms with Crippen molar-refractivity contribution in [2.24, 2.45) is 0 Å². The Morgan fingerprint density at radius 3 is 2.03 bits per heavy atom. The standard InChI is InChI=1S/C30H42O/c1-3-5-7-9-11-13-17-25-22-28-26-19-16-15-18-24(26)21-29(28)27(30(25)23-31)20-14-12-10-8-6-4-2/h15-16,18-19,22-23H,3-14,17,20-21H2,1-2H3. The Kier molecular flexibility index (Phi) is 9.85. The molecule has 1 heteroatoms. The topological polar surface area (TPSA) is 17.1 Å². The lowest BCUT2D eigenvalue weighted by Gasteiger charge is -2.17. The van der Waals surface area contributed by atoms with Crippen molar-refractivity contribution < 1.29 is 4.79 Å². The van der Waals surface area contributed by atoms with Crippen LogP contribution in [0, 0.1) is 0 Å². The van der Waals surface area contributed by atoms with Crippen molar-refractivity contribution in [1.82, 2.24) is 0 Å². The largest absolute Gasteiger partial charge is 0.298 e. The average Bonchev–Trinajstić information content (AvgIpc) is 3.16. The Morgan fingerprint density at radius 1 is 0.742 bits per heavy atom. The minimum Gasteiger partial charge on any atom is -0.298 e. The van der Waals surface area contributed by atoms with Crippen LogP contribution in [0.2, 0.25) is 0 Å². The Labute approximate surface area is 190 Å². The summed E-state index contributed by atoms with van der Waals surface area (Å²) in [5.41, 5.74) is 9.33. The van der Waals surface area contributed by atoms with E-state index >= 15 is 0 Å². The highest BCUT2D eigenvalue weighted by Gasteiger charge is 2.24. The quantitative estimate of drug-likeness (QED) is 0.178. The molecule has 0 bridgehead atoms. The lowest BCUT2D eigenvalue weighted by molar-refractivity contribution is 0.112. The molecular formula is C30H42O. The van der Waals surface area contributed by atoms with Crippen molar-refractivity contribution in [2.45, 2.75) is 110 Å². The van der Waals surface area contributed by atoms with Gasteiger partial charge in [0, 0.05) is 5.56 Å². The molecule has 0 N–H and O–H groups in total. The lowest BCUT2D eigenvalue weighted by Crippen LogP contribution is -2.05. The van der Waals surface area contributed by atoms with Gasteiger partial charge in [-0.3, -0.25) is 4.79 Å². The summed E-state index contributed by atoms with van der Waals surface area (Å²) in [5.74, 6) is 0. The molecule has 168 valence electrons. The summed E-state index contributed by atoms with van der Waals surface area (Å²) in [4.78, 5) is 12.3. The van der Waals surface area contributed by atoms with E-state index in [1.165, 1.54) is 117 Å². The minimum absolute atomic E-state index is 0.995. The summed E-state index contributed by atoms with van der Waals surface area (Å²) < 4.78 is 0. The molecule has 0 radical (unpaired) electrons. The number of aryl methyl sites for hydroxylation is 1. The highest BCUT2D eigenvalue weighted by Crippen LogP contribution is 2.41. The summed E-state index contributed by atoms with van der Waals surface area (Å²) in [6, 6.07) is 11.2. The molecule has 1 aliphatic carbocycles. The van der Waals surface area contributed by atoms with Crippen molar-refractivity contribution >= 4 is 6.29 Å². The van der Waals surface area contributed by atoms with Gasteiger partial charge in [-0.1, -0.05) is 108 Å². The molecule has 0 fully saturated rings. The molecule has 2 aromatic rings. The third kappa shape index (κ3) is 6.31. The molecule has 0 heterocycles. The van der Waals surface area contributed by atoms with E-state index in [4.69, 9.17) is 0 Å². The fourth-order valence-corrected chi connectivity index (χ4v) is 5.25. The van der Waals surface area contributed by atoms with Crippen LogP contribution in [0.3, 0.4) is 0 Å². The predicted molar refractivity (Wildman–Crippen MR) is 134 cm³/mol. The number of fused-ring (bicyclic) bond motifs is 3. The second-order valence-corrected chi connectivity index (χ2v) is 9.44. The monoisotopic (exact) mass is 418 g/mol. The summed E-state index contributed by atoms with van der Waals surface area (Å²) >= 11 is 0. The molecule has 0 aromatic heterocycles. The summed E-state index contributed by atoms with van der Waals surface area (Å²) in [7, 11) is 0. The van der Waals surface area contributed by atoms with E-state index in [1.54, 1.807) is 0 Å². The van der Waals surface area contributed by atoms with Gasteiger partial charge >= 0.3 is 0 Å². The number of unbranched alkanes of at least 4 members (excludes halogenated alkanes) is 10. The molecular weight excluding hydrogens is 376 g/mol. The van der Waals surface area contributed by atoms with Crippen LogP contribution < -0.4 is 0 Å². The second kappa shape index (κ2) is 12.8. The number of aldehydes is 1. The molecule has 1 nitrogen and oxygen atoms in total. The molecule has 1 aliphatic rings. The van der Waals surface area contributed by atoms with Gasteiger partial charge in [0.1, 0.15) is 0 Å². The molecule has 0 unspecified atom stereocenters. The number of hydrogen-bond acceptors (Lipinski definition) is 1. The smallest absolute Gasteiger partial charge is 0.150 e. The predicted octanol–water partition coefficient (Wildman–Crippen LogP) is 8.88. The van der Waals surface area contributed by atoms with Gasteiger partial charge < -0.3 is 0 Å². The summed E-state index contributed by atoms with van der Waals surface area (Å²) in [6.07, 6.45) is 19.8. The molecule has 0 amide bonds. The van der Waals surface area contributed by atoms with E-state index in [-0.39, 0.29) is 0 Å². The van der Waals surface area contributed by atoms with E-state index < -0.39 is 0 Å². The van der Waals surface area contributed by atoms with Crippen LogP contribution in [0.25, 0.3) is 11.1 Å². The van der Waals surface area contributed by atoms with Gasteiger partial charge in [0.25, 0.3) is 0 Å². The minimum atomic E-state index is 0.995. The number of rotatable bonds is 15. The van der Waals surface area contributed by atoms with Crippen LogP contribution in [0.5, 0.6) is 0 Å². The van der Waals surface area contributed by atoms with E-state index in [0.717, 1.165) is 24.8 Å². The highest BCUT2D eigenvalue weighted by molar-refractivity contribution is 5.87. The molecule has 0 saturated carbocycles. The first-order chi connectivity index (χ1) is 15.3. The SMILES string of the molecule is CCCCCCCCc1cc2c(c(CCCCCCCC)c1C=O)Cc1ccccc1-2. The van der Waals surface area contributed by atoms with Crippen molar-refractivity contribution in [3.05, 3.63) is 58.1 Å². The number of benzene rings is 2. The maximum absolute atomic E-state index is 12.3. The number of hydrogen-bond donors (Lipinski definition) is 0. The third-order valence-corrected chi connectivity index (χ3v) is 7.05. The van der Waals surface area contributed by atoms with Gasteiger partial charge in [-0.25, -0.2) is 0 Å². The first-order valence-corrected chi connectivity index (χ1v) is 13.0. The number of carbonyl (C=O) groups excluding carboxylic acids is 1. The third-order valence-electron chi connectivity index (χ3n) is 7.05. The second-order valence-electron chi connectivity index (χ2n) is 9.44. The zero-order valence-electron chi connectivity index (χ0n) is 20.0. The fourth-order valence-electron chi connectivity index (χ4n) is 5.25. The van der Waals surface area contributed by atoms with Crippen LogP contribution in [0.4, 0.5) is 0 Å². The fraction of sp³-hybridized carbons (Fsp3) is 0.567. The first kappa shape index (κ1) is 23.8. The van der Waals surface area contributed by atoms with Crippen molar-refractivity contribution in [3.8, 4) is 11.1 Å². The van der Waals surface area contributed by atoms with Crippen LogP contribution in [-0.2, 0) is 19.3 Å². The lowest BCUT2D eigenvalue weighted by atomic mass is 9.87. The van der Waals surface area contributed by atoms with Gasteiger partial charge in [0.15, 0.2) is 6.29 Å². The van der Waals surface area contributed by atoms with Crippen molar-refractivity contribution in [3.63, 3.8) is 0 Å². The Morgan fingerprint density at radius 2 is 1.35 bits per heavy atom. The Hall–Kier alpha value is -1.89. The van der Waals surface area contributed by atoms with Crippen LogP contribution in [-0.4, -0.2) is 6.29 Å². The normalized spacial score (nSPS) is 12.1. The summed E-state index contributed by atoms with van der Waals surface area (Å²) in [5, 5.41) is 0. The van der Waals surface area contributed by atoms with Crippen molar-refractivity contribution in [2.75, 3.05) is 0 Å². The van der Waals surface area contributed by atoms with Gasteiger partial charge in [-0.05, 0) is 65.5 Å². The zero-order valence-corrected chi connectivity index (χ0v) is 20.0. The highest BCUT2D eigenvalue weighted by atomic mass is 16.1. The van der Waals surface area contributed by atoms with Crippen LogP contribution in [0.15, 0.2) is 30.3 Å². The maximum Gasteiger partial charge on any atom is 0.150 e. The first-order valence-electron chi connectivity index (χ1n) is 13.0. The molecule has 31 heavy (non-hydrogen) atoms. The van der Waals surface area contributed by atoms with Gasteiger partial charge in [-0.2, -0.15) is 0 Å². The molecule has 3 rings (SSSR count). The molecule has 2 aromatic carbocycles. The van der Waals surface area contributed by atoms with Crippen LogP contribution in [0.1, 0.15) is 124 Å². The van der Waals surface area contributed by atoms with Crippen LogP contribution >= 0.6 is 0 Å². The Balaban J connectivity index is 1.78. The maximum atomic E-state index is 12.3. The number of carbonyl (C=O) groups is 1. The molecule has 0 spiro atoms. The zero-order chi connectivity index (χ0) is 21.9.